The number of aryl methyl sites for hydroxylation is 2. The van der Waals surface area contributed by atoms with Gasteiger partial charge in [0, 0.05) is 19.3 Å². The van der Waals surface area contributed by atoms with E-state index in [2.05, 4.69) is 36.0 Å². The maximum Gasteiger partial charge on any atom is 0.257 e. The molecule has 31 heavy (non-hydrogen) atoms. The van der Waals surface area contributed by atoms with Crippen molar-refractivity contribution in [1.82, 2.24) is 14.1 Å². The molecule has 2 rings (SSSR count). The summed E-state index contributed by atoms with van der Waals surface area (Å²) in [5.74, 6) is 0.184. The second-order valence-electron chi connectivity index (χ2n) is 8.39. The van der Waals surface area contributed by atoms with E-state index >= 15 is 0 Å². The Kier molecular flexibility index (Phi) is 7.52. The highest BCUT2D eigenvalue weighted by Gasteiger charge is 2.24. The summed E-state index contributed by atoms with van der Waals surface area (Å²) in [5, 5.41) is 0. The van der Waals surface area contributed by atoms with Gasteiger partial charge in [-0.15, -0.1) is 4.83 Å². The first kappa shape index (κ1) is 25.3. The number of hydrogen-bond acceptors (Lipinski definition) is 6. The Bertz CT molecular complexity index is 1110. The molecule has 0 saturated carbocycles. The SMILES string of the molecule is CCN(CC)S(=O)(=O)c1ccc(NNS(=O)(=O)c2c(C)cc(C(C)(C)C)cc2C)nc1. The smallest absolute Gasteiger partial charge is 0.257 e. The second kappa shape index (κ2) is 9.23. The van der Waals surface area contributed by atoms with Gasteiger partial charge in [-0.05, 0) is 48.1 Å². The molecule has 0 aliphatic heterocycles. The zero-order valence-electron chi connectivity index (χ0n) is 19.1. The van der Waals surface area contributed by atoms with Crippen molar-refractivity contribution < 1.29 is 16.8 Å². The molecule has 0 bridgehead atoms. The monoisotopic (exact) mass is 468 g/mol. The number of sulfonamides is 2. The molecular weight excluding hydrogens is 436 g/mol. The first-order valence-electron chi connectivity index (χ1n) is 10.1. The molecule has 2 aromatic rings. The van der Waals surface area contributed by atoms with Crippen molar-refractivity contribution >= 4 is 25.9 Å². The minimum absolute atomic E-state index is 0.0501. The number of nitrogens with zero attached hydrogens (tertiary/aromatic N) is 2. The molecule has 10 heteroatoms. The average Bonchev–Trinajstić information content (AvgIpc) is 2.66. The predicted molar refractivity (Wildman–Crippen MR) is 123 cm³/mol. The Labute approximate surface area is 186 Å². The normalized spacial score (nSPS) is 12.9. The summed E-state index contributed by atoms with van der Waals surface area (Å²) in [6, 6.07) is 6.58. The largest absolute Gasteiger partial charge is 0.292 e. The molecule has 0 spiro atoms. The molecule has 0 saturated heterocycles. The van der Waals surface area contributed by atoms with E-state index in [0.29, 0.717) is 24.2 Å². The average molecular weight is 469 g/mol. The van der Waals surface area contributed by atoms with Crippen LogP contribution in [0.15, 0.2) is 40.3 Å². The van der Waals surface area contributed by atoms with Crippen molar-refractivity contribution in [3.8, 4) is 0 Å². The number of pyridine rings is 1. The molecule has 0 unspecified atom stereocenters. The number of aromatic nitrogens is 1. The van der Waals surface area contributed by atoms with Gasteiger partial charge < -0.3 is 0 Å². The molecule has 0 radical (unpaired) electrons. The number of benzene rings is 1. The molecule has 0 amide bonds. The standard InChI is InChI=1S/C21H32N4O4S2/c1-8-25(9-2)31(28,29)18-10-11-19(22-14-18)23-24-30(26,27)20-15(3)12-17(13-16(20)4)21(5,6)7/h10-14,24H,8-9H2,1-7H3,(H,22,23). The van der Waals surface area contributed by atoms with Crippen LogP contribution in [0.3, 0.4) is 0 Å². The molecule has 1 aromatic heterocycles. The lowest BCUT2D eigenvalue weighted by molar-refractivity contribution is 0.445. The van der Waals surface area contributed by atoms with E-state index in [9.17, 15) is 16.8 Å². The summed E-state index contributed by atoms with van der Waals surface area (Å²) in [4.78, 5) is 6.63. The van der Waals surface area contributed by atoms with Crippen LogP contribution >= 0.6 is 0 Å². The molecule has 1 aromatic carbocycles. The van der Waals surface area contributed by atoms with E-state index in [0.717, 1.165) is 5.56 Å². The summed E-state index contributed by atoms with van der Waals surface area (Å²) in [7, 11) is -7.50. The van der Waals surface area contributed by atoms with Crippen LogP contribution in [0, 0.1) is 13.8 Å². The van der Waals surface area contributed by atoms with E-state index in [-0.39, 0.29) is 21.0 Å². The molecule has 0 aliphatic carbocycles. The lowest BCUT2D eigenvalue weighted by atomic mass is 9.85. The molecule has 0 fully saturated rings. The lowest BCUT2D eigenvalue weighted by Crippen LogP contribution is -2.32. The minimum Gasteiger partial charge on any atom is -0.292 e. The van der Waals surface area contributed by atoms with Crippen LogP contribution in [0.1, 0.15) is 51.3 Å². The maximum atomic E-state index is 12.9. The third-order valence-corrected chi connectivity index (χ3v) is 8.57. The molecule has 0 atom stereocenters. The highest BCUT2D eigenvalue weighted by molar-refractivity contribution is 7.89. The summed E-state index contributed by atoms with van der Waals surface area (Å²) >= 11 is 0. The van der Waals surface area contributed by atoms with Gasteiger partial charge >= 0.3 is 0 Å². The van der Waals surface area contributed by atoms with Crippen molar-refractivity contribution in [3.05, 3.63) is 47.2 Å². The van der Waals surface area contributed by atoms with E-state index in [1.165, 1.54) is 22.6 Å². The highest BCUT2D eigenvalue weighted by atomic mass is 32.2. The zero-order valence-corrected chi connectivity index (χ0v) is 20.8. The number of hydrazine groups is 1. The fourth-order valence-corrected chi connectivity index (χ4v) is 6.01. The topological polar surface area (TPSA) is 108 Å². The molecular formula is C21H32N4O4S2. The van der Waals surface area contributed by atoms with Gasteiger partial charge in [0.05, 0.1) is 4.90 Å². The van der Waals surface area contributed by atoms with Crippen molar-refractivity contribution in [2.75, 3.05) is 18.5 Å². The zero-order chi connectivity index (χ0) is 23.6. The summed E-state index contributed by atoms with van der Waals surface area (Å²) < 4.78 is 52.2. The quantitative estimate of drug-likeness (QED) is 0.575. The lowest BCUT2D eigenvalue weighted by Gasteiger charge is -2.22. The van der Waals surface area contributed by atoms with E-state index in [1.807, 2.05) is 12.1 Å². The van der Waals surface area contributed by atoms with Crippen molar-refractivity contribution in [1.29, 1.82) is 0 Å². The fourth-order valence-electron chi connectivity index (χ4n) is 3.30. The van der Waals surface area contributed by atoms with Crippen molar-refractivity contribution in [3.63, 3.8) is 0 Å². The number of hydrogen-bond donors (Lipinski definition) is 2. The van der Waals surface area contributed by atoms with E-state index < -0.39 is 20.0 Å². The van der Waals surface area contributed by atoms with Crippen LogP contribution in [-0.2, 0) is 25.5 Å². The fraction of sp³-hybridized carbons (Fsp3) is 0.476. The third-order valence-electron chi connectivity index (χ3n) is 4.99. The Morgan fingerprint density at radius 2 is 1.52 bits per heavy atom. The van der Waals surface area contributed by atoms with Crippen LogP contribution in [0.2, 0.25) is 0 Å². The Morgan fingerprint density at radius 1 is 0.968 bits per heavy atom. The summed E-state index contributed by atoms with van der Waals surface area (Å²) in [6.45, 7) is 14.0. The molecule has 2 N–H and O–H groups in total. The minimum atomic E-state index is -3.87. The number of nitrogens with one attached hydrogen (secondary N) is 2. The van der Waals surface area contributed by atoms with Gasteiger partial charge in [-0.3, -0.25) is 5.43 Å². The highest BCUT2D eigenvalue weighted by Crippen LogP contribution is 2.29. The number of rotatable bonds is 8. The van der Waals surface area contributed by atoms with Gasteiger partial charge in [-0.25, -0.2) is 21.8 Å². The second-order valence-corrected chi connectivity index (χ2v) is 11.9. The van der Waals surface area contributed by atoms with Crippen LogP contribution in [0.5, 0.6) is 0 Å². The van der Waals surface area contributed by atoms with Crippen molar-refractivity contribution in [2.24, 2.45) is 0 Å². The Hall–Kier alpha value is -2.01. The van der Waals surface area contributed by atoms with Gasteiger partial charge in [-0.1, -0.05) is 46.8 Å². The van der Waals surface area contributed by atoms with Crippen LogP contribution in [-0.4, -0.2) is 39.2 Å². The Balaban J connectivity index is 2.23. The first-order chi connectivity index (χ1) is 14.2. The summed E-state index contributed by atoms with van der Waals surface area (Å²) in [5.41, 5.74) is 4.81. The van der Waals surface area contributed by atoms with Gasteiger partial charge in [0.1, 0.15) is 10.7 Å². The molecule has 1 heterocycles. The van der Waals surface area contributed by atoms with Gasteiger partial charge in [0.25, 0.3) is 10.0 Å². The Morgan fingerprint density at radius 3 is 1.94 bits per heavy atom. The third kappa shape index (κ3) is 5.62. The van der Waals surface area contributed by atoms with E-state index in [4.69, 9.17) is 0 Å². The van der Waals surface area contributed by atoms with Gasteiger partial charge in [0.2, 0.25) is 10.0 Å². The molecule has 8 nitrogen and oxygen atoms in total. The van der Waals surface area contributed by atoms with Gasteiger partial charge in [-0.2, -0.15) is 4.31 Å². The van der Waals surface area contributed by atoms with E-state index in [1.54, 1.807) is 27.7 Å². The van der Waals surface area contributed by atoms with Crippen LogP contribution in [0.25, 0.3) is 0 Å². The summed E-state index contributed by atoms with van der Waals surface area (Å²) in [6.07, 6.45) is 1.21. The number of anilines is 1. The van der Waals surface area contributed by atoms with Crippen molar-refractivity contribution in [2.45, 2.75) is 63.7 Å². The predicted octanol–water partition coefficient (Wildman–Crippen LogP) is 3.33. The first-order valence-corrected chi connectivity index (χ1v) is 13.0. The molecule has 172 valence electrons. The van der Waals surface area contributed by atoms with Gasteiger partial charge in [0.15, 0.2) is 0 Å². The van der Waals surface area contributed by atoms with Crippen LogP contribution < -0.4 is 10.3 Å². The van der Waals surface area contributed by atoms with Crippen LogP contribution in [0.4, 0.5) is 5.82 Å². The molecule has 0 aliphatic rings. The maximum absolute atomic E-state index is 12.9.